The number of hydrogen-bond acceptors (Lipinski definition) is 3. The molecular formula is C17H17IN2O3. The van der Waals surface area contributed by atoms with Crippen molar-refractivity contribution in [1.29, 1.82) is 0 Å². The van der Waals surface area contributed by atoms with E-state index in [4.69, 9.17) is 4.74 Å². The van der Waals surface area contributed by atoms with Crippen LogP contribution in [0.1, 0.15) is 5.56 Å². The molecule has 0 heterocycles. The van der Waals surface area contributed by atoms with E-state index in [1.54, 1.807) is 12.1 Å². The lowest BCUT2D eigenvalue weighted by Gasteiger charge is -2.08. The molecule has 0 atom stereocenters. The molecule has 0 aromatic heterocycles. The second kappa shape index (κ2) is 9.14. The number of halogens is 1. The van der Waals surface area contributed by atoms with E-state index in [2.05, 4.69) is 33.2 Å². The minimum absolute atomic E-state index is 0.0677. The highest BCUT2D eigenvalue weighted by molar-refractivity contribution is 14.1. The molecule has 0 aliphatic heterocycles. The van der Waals surface area contributed by atoms with Crippen LogP contribution in [0.15, 0.2) is 54.6 Å². The van der Waals surface area contributed by atoms with Crippen molar-refractivity contribution in [3.63, 3.8) is 0 Å². The zero-order chi connectivity index (χ0) is 16.5. The molecule has 2 rings (SSSR count). The molecule has 0 saturated carbocycles. The lowest BCUT2D eigenvalue weighted by molar-refractivity contribution is -0.127. The fourth-order valence-corrected chi connectivity index (χ4v) is 2.13. The number of ether oxygens (including phenoxy) is 1. The van der Waals surface area contributed by atoms with Crippen LogP contribution in [-0.4, -0.2) is 25.0 Å². The van der Waals surface area contributed by atoms with Gasteiger partial charge in [0.1, 0.15) is 5.75 Å². The Labute approximate surface area is 148 Å². The topological polar surface area (TPSA) is 67.4 Å². The standard InChI is InChI=1S/C17H17IN2O3/c18-14-6-8-15(9-7-14)23-12-17(22)20-11-16(21)19-10-13-4-2-1-3-5-13/h1-9H,10-12H2,(H,19,21)(H,20,22). The maximum Gasteiger partial charge on any atom is 0.258 e. The summed E-state index contributed by atoms with van der Waals surface area (Å²) in [5.41, 5.74) is 1.01. The van der Waals surface area contributed by atoms with Gasteiger partial charge < -0.3 is 15.4 Å². The van der Waals surface area contributed by atoms with Gasteiger partial charge in [-0.1, -0.05) is 30.3 Å². The maximum atomic E-state index is 11.7. The zero-order valence-corrected chi connectivity index (χ0v) is 14.6. The SMILES string of the molecule is O=C(CNC(=O)COc1ccc(I)cc1)NCc1ccccc1. The lowest BCUT2D eigenvalue weighted by atomic mass is 10.2. The van der Waals surface area contributed by atoms with Gasteiger partial charge in [-0.15, -0.1) is 0 Å². The second-order valence-corrected chi connectivity index (χ2v) is 6.03. The average molecular weight is 424 g/mol. The van der Waals surface area contributed by atoms with Crippen molar-refractivity contribution in [2.24, 2.45) is 0 Å². The van der Waals surface area contributed by atoms with E-state index in [0.29, 0.717) is 12.3 Å². The summed E-state index contributed by atoms with van der Waals surface area (Å²) in [6.07, 6.45) is 0. The van der Waals surface area contributed by atoms with E-state index >= 15 is 0 Å². The zero-order valence-electron chi connectivity index (χ0n) is 12.4. The number of benzene rings is 2. The fraction of sp³-hybridized carbons (Fsp3) is 0.176. The van der Waals surface area contributed by atoms with Crippen LogP contribution in [0.4, 0.5) is 0 Å². The van der Waals surface area contributed by atoms with Gasteiger partial charge in [0.15, 0.2) is 6.61 Å². The minimum atomic E-state index is -0.335. The molecule has 0 bridgehead atoms. The molecule has 0 aliphatic carbocycles. The normalized spacial score (nSPS) is 9.96. The van der Waals surface area contributed by atoms with Gasteiger partial charge in [-0.25, -0.2) is 0 Å². The van der Waals surface area contributed by atoms with Gasteiger partial charge in [0.2, 0.25) is 5.91 Å². The first-order chi connectivity index (χ1) is 11.1. The summed E-state index contributed by atoms with van der Waals surface area (Å²) in [6, 6.07) is 17.0. The molecule has 6 heteroatoms. The molecule has 0 saturated heterocycles. The Bertz CT molecular complexity index is 645. The molecular weight excluding hydrogens is 407 g/mol. The third-order valence-corrected chi connectivity index (χ3v) is 3.68. The van der Waals surface area contributed by atoms with Crippen LogP contribution >= 0.6 is 22.6 Å². The monoisotopic (exact) mass is 424 g/mol. The van der Waals surface area contributed by atoms with Gasteiger partial charge in [0.05, 0.1) is 6.54 Å². The van der Waals surface area contributed by atoms with Crippen molar-refractivity contribution in [3.05, 3.63) is 63.7 Å². The Kier molecular flexibility index (Phi) is 6.86. The average Bonchev–Trinajstić information content (AvgIpc) is 2.58. The summed E-state index contributed by atoms with van der Waals surface area (Å²) in [6.45, 7) is 0.253. The number of hydrogen-bond donors (Lipinski definition) is 2. The molecule has 0 unspecified atom stereocenters. The predicted octanol–water partition coefficient (Wildman–Crippen LogP) is 2.10. The first kappa shape index (κ1) is 17.3. The number of amides is 2. The summed E-state index contributed by atoms with van der Waals surface area (Å²) in [7, 11) is 0. The molecule has 2 aromatic carbocycles. The largest absolute Gasteiger partial charge is 0.484 e. The Morgan fingerprint density at radius 2 is 1.61 bits per heavy atom. The first-order valence-corrected chi connectivity index (χ1v) is 8.17. The lowest BCUT2D eigenvalue weighted by Crippen LogP contribution is -2.38. The van der Waals surface area contributed by atoms with Crippen molar-refractivity contribution < 1.29 is 14.3 Å². The number of nitrogens with one attached hydrogen (secondary N) is 2. The summed E-state index contributed by atoms with van der Waals surface area (Å²) in [5, 5.41) is 5.26. The summed E-state index contributed by atoms with van der Waals surface area (Å²) in [4.78, 5) is 23.3. The Morgan fingerprint density at radius 3 is 2.30 bits per heavy atom. The molecule has 23 heavy (non-hydrogen) atoms. The smallest absolute Gasteiger partial charge is 0.258 e. The third-order valence-electron chi connectivity index (χ3n) is 2.96. The van der Waals surface area contributed by atoms with Crippen LogP contribution in [-0.2, 0) is 16.1 Å². The second-order valence-electron chi connectivity index (χ2n) is 4.78. The molecule has 0 fully saturated rings. The van der Waals surface area contributed by atoms with Gasteiger partial charge in [-0.2, -0.15) is 0 Å². The third kappa shape index (κ3) is 6.68. The van der Waals surface area contributed by atoms with Gasteiger partial charge in [0.25, 0.3) is 5.91 Å². The Hall–Kier alpha value is -2.09. The highest BCUT2D eigenvalue weighted by Crippen LogP contribution is 2.13. The van der Waals surface area contributed by atoms with Crippen molar-refractivity contribution in [2.45, 2.75) is 6.54 Å². The minimum Gasteiger partial charge on any atom is -0.484 e. The van der Waals surface area contributed by atoms with Crippen LogP contribution in [0.3, 0.4) is 0 Å². The maximum absolute atomic E-state index is 11.7. The van der Waals surface area contributed by atoms with Gasteiger partial charge in [-0.3, -0.25) is 9.59 Å². The highest BCUT2D eigenvalue weighted by Gasteiger charge is 2.06. The molecule has 2 amide bonds. The predicted molar refractivity (Wildman–Crippen MR) is 96.0 cm³/mol. The molecule has 0 spiro atoms. The van der Waals surface area contributed by atoms with Crippen molar-refractivity contribution >= 4 is 34.4 Å². The van der Waals surface area contributed by atoms with Crippen LogP contribution in [0, 0.1) is 3.57 Å². The van der Waals surface area contributed by atoms with Gasteiger partial charge >= 0.3 is 0 Å². The van der Waals surface area contributed by atoms with E-state index in [1.165, 1.54) is 0 Å². The molecule has 2 N–H and O–H groups in total. The number of carbonyl (C=O) groups excluding carboxylic acids is 2. The molecule has 2 aromatic rings. The molecule has 120 valence electrons. The van der Waals surface area contributed by atoms with E-state index in [0.717, 1.165) is 9.13 Å². The van der Waals surface area contributed by atoms with Gasteiger partial charge in [-0.05, 0) is 52.4 Å². The molecule has 0 aliphatic rings. The van der Waals surface area contributed by atoms with E-state index in [9.17, 15) is 9.59 Å². The highest BCUT2D eigenvalue weighted by atomic mass is 127. The fourth-order valence-electron chi connectivity index (χ4n) is 1.77. The van der Waals surface area contributed by atoms with Crippen LogP contribution in [0.5, 0.6) is 5.75 Å². The quantitative estimate of drug-likeness (QED) is 0.670. The summed E-state index contributed by atoms with van der Waals surface area (Å²) >= 11 is 2.19. The van der Waals surface area contributed by atoms with E-state index in [1.807, 2.05) is 42.5 Å². The molecule has 0 radical (unpaired) electrons. The number of rotatable bonds is 7. The van der Waals surface area contributed by atoms with Crippen molar-refractivity contribution in [3.8, 4) is 5.75 Å². The summed E-state index contributed by atoms with van der Waals surface area (Å²) in [5.74, 6) is 0.0453. The Morgan fingerprint density at radius 1 is 0.913 bits per heavy atom. The van der Waals surface area contributed by atoms with Crippen LogP contribution in [0.25, 0.3) is 0 Å². The summed E-state index contributed by atoms with van der Waals surface area (Å²) < 4.78 is 6.43. The van der Waals surface area contributed by atoms with Crippen molar-refractivity contribution in [2.75, 3.05) is 13.2 Å². The van der Waals surface area contributed by atoms with E-state index < -0.39 is 0 Å². The van der Waals surface area contributed by atoms with Crippen LogP contribution < -0.4 is 15.4 Å². The number of carbonyl (C=O) groups is 2. The van der Waals surface area contributed by atoms with Gasteiger partial charge in [0, 0.05) is 10.1 Å². The first-order valence-electron chi connectivity index (χ1n) is 7.09. The van der Waals surface area contributed by atoms with Crippen molar-refractivity contribution in [1.82, 2.24) is 10.6 Å². The Balaban J connectivity index is 1.63. The van der Waals surface area contributed by atoms with E-state index in [-0.39, 0.29) is 25.0 Å². The molecule has 5 nitrogen and oxygen atoms in total. The van der Waals surface area contributed by atoms with Crippen LogP contribution in [0.2, 0.25) is 0 Å².